The summed E-state index contributed by atoms with van der Waals surface area (Å²) < 4.78 is 3.94. The van der Waals surface area contributed by atoms with E-state index in [1.54, 1.807) is 16.9 Å². The second-order valence-electron chi connectivity index (χ2n) is 3.15. The van der Waals surface area contributed by atoms with Gasteiger partial charge in [0.2, 0.25) is 0 Å². The molecule has 0 radical (unpaired) electrons. The fourth-order valence-electron chi connectivity index (χ4n) is 1.23. The number of aryl methyl sites for hydroxylation is 1. The highest BCUT2D eigenvalue weighted by Gasteiger charge is 2.01. The zero-order valence-electron chi connectivity index (χ0n) is 8.09. The zero-order chi connectivity index (χ0) is 10.8. The molecule has 2 aromatic heterocycles. The summed E-state index contributed by atoms with van der Waals surface area (Å²) in [6.07, 6.45) is 3.50. The van der Waals surface area contributed by atoms with Gasteiger partial charge in [-0.2, -0.15) is 10.2 Å². The van der Waals surface area contributed by atoms with Gasteiger partial charge in [0.05, 0.1) is 18.4 Å². The van der Waals surface area contributed by atoms with Crippen molar-refractivity contribution in [2.24, 2.45) is 7.05 Å². The van der Waals surface area contributed by atoms with Gasteiger partial charge in [-0.05, 0) is 28.7 Å². The first-order valence-electron chi connectivity index (χ1n) is 4.36. The minimum absolute atomic E-state index is 0.104. The lowest BCUT2D eigenvalue weighted by Gasteiger charge is -2.00. The normalized spacial score (nSPS) is 10.5. The molecule has 0 N–H and O–H groups in total. The van der Waals surface area contributed by atoms with Crippen LogP contribution >= 0.6 is 22.6 Å². The van der Waals surface area contributed by atoms with Crippen molar-refractivity contribution in [2.45, 2.75) is 6.54 Å². The number of aromatic nitrogens is 4. The van der Waals surface area contributed by atoms with Gasteiger partial charge >= 0.3 is 0 Å². The van der Waals surface area contributed by atoms with E-state index in [9.17, 15) is 4.79 Å². The average Bonchev–Trinajstić information content (AvgIpc) is 2.56. The van der Waals surface area contributed by atoms with Crippen LogP contribution in [0, 0.1) is 3.57 Å². The van der Waals surface area contributed by atoms with E-state index in [-0.39, 0.29) is 5.56 Å². The molecule has 5 nitrogen and oxygen atoms in total. The van der Waals surface area contributed by atoms with Crippen LogP contribution in [0.15, 0.2) is 29.3 Å². The van der Waals surface area contributed by atoms with Crippen molar-refractivity contribution >= 4 is 22.6 Å². The summed E-state index contributed by atoms with van der Waals surface area (Å²) in [5, 5.41) is 8.21. The lowest BCUT2D eigenvalue weighted by molar-refractivity contribution is 0.613. The minimum Gasteiger partial charge on any atom is -0.275 e. The Bertz CT molecular complexity index is 531. The van der Waals surface area contributed by atoms with Crippen LogP contribution in [-0.4, -0.2) is 19.6 Å². The van der Waals surface area contributed by atoms with E-state index in [1.807, 2.05) is 19.3 Å². The summed E-state index contributed by atoms with van der Waals surface area (Å²) >= 11 is 2.06. The number of nitrogens with zero attached hydrogens (tertiary/aromatic N) is 4. The quantitative estimate of drug-likeness (QED) is 0.764. The molecule has 0 aliphatic heterocycles. The van der Waals surface area contributed by atoms with Crippen molar-refractivity contribution in [2.75, 3.05) is 0 Å². The van der Waals surface area contributed by atoms with E-state index < -0.39 is 0 Å². The highest BCUT2D eigenvalue weighted by atomic mass is 127. The molecular weight excluding hydrogens is 307 g/mol. The molecule has 0 amide bonds. The molecule has 78 valence electrons. The molecule has 0 saturated carbocycles. The molecule has 15 heavy (non-hydrogen) atoms. The Labute approximate surface area is 99.9 Å². The molecule has 0 aromatic carbocycles. The molecule has 0 aliphatic carbocycles. The number of hydrogen-bond acceptors (Lipinski definition) is 3. The Kier molecular flexibility index (Phi) is 2.85. The Morgan fingerprint density at radius 3 is 2.93 bits per heavy atom. The van der Waals surface area contributed by atoms with Crippen molar-refractivity contribution < 1.29 is 0 Å². The van der Waals surface area contributed by atoms with Crippen LogP contribution in [0.25, 0.3) is 0 Å². The predicted molar refractivity (Wildman–Crippen MR) is 63.5 cm³/mol. The average molecular weight is 316 g/mol. The van der Waals surface area contributed by atoms with Crippen LogP contribution in [0.3, 0.4) is 0 Å². The van der Waals surface area contributed by atoms with E-state index in [0.717, 1.165) is 9.26 Å². The predicted octanol–water partition coefficient (Wildman–Crippen LogP) is 0.630. The highest BCUT2D eigenvalue weighted by molar-refractivity contribution is 14.1. The standard InChI is InChI=1S/C9H9IN4O/c1-13-3-2-8(12-13)6-14-9(15)4-7(10)5-11-14/h2-5H,6H2,1H3. The van der Waals surface area contributed by atoms with Crippen LogP contribution in [0.4, 0.5) is 0 Å². The van der Waals surface area contributed by atoms with E-state index in [4.69, 9.17) is 0 Å². The smallest absolute Gasteiger partial charge is 0.268 e. The Hall–Kier alpha value is -1.18. The summed E-state index contributed by atoms with van der Waals surface area (Å²) in [4.78, 5) is 11.5. The van der Waals surface area contributed by atoms with Gasteiger partial charge in [-0.25, -0.2) is 4.68 Å². The molecule has 0 unspecified atom stereocenters. The summed E-state index contributed by atoms with van der Waals surface area (Å²) in [5.41, 5.74) is 0.723. The van der Waals surface area contributed by atoms with Gasteiger partial charge in [-0.3, -0.25) is 9.48 Å². The largest absolute Gasteiger partial charge is 0.275 e. The Morgan fingerprint density at radius 1 is 1.53 bits per heavy atom. The molecule has 2 heterocycles. The third kappa shape index (κ3) is 2.44. The van der Waals surface area contributed by atoms with Gasteiger partial charge in [0.1, 0.15) is 0 Å². The molecule has 0 fully saturated rings. The summed E-state index contributed by atoms with van der Waals surface area (Å²) in [6.45, 7) is 0.413. The molecule has 2 rings (SSSR count). The maximum atomic E-state index is 11.5. The third-order valence-electron chi connectivity index (χ3n) is 1.92. The van der Waals surface area contributed by atoms with Crippen LogP contribution in [0.5, 0.6) is 0 Å². The molecule has 0 spiro atoms. The van der Waals surface area contributed by atoms with E-state index in [2.05, 4.69) is 32.8 Å². The number of hydrogen-bond donors (Lipinski definition) is 0. The molecule has 2 aromatic rings. The summed E-state index contributed by atoms with van der Waals surface area (Å²) in [6, 6.07) is 3.42. The first-order valence-corrected chi connectivity index (χ1v) is 5.44. The van der Waals surface area contributed by atoms with E-state index in [1.165, 1.54) is 4.68 Å². The molecule has 0 saturated heterocycles. The van der Waals surface area contributed by atoms with Gasteiger partial charge in [0.25, 0.3) is 5.56 Å². The minimum atomic E-state index is -0.104. The van der Waals surface area contributed by atoms with Crippen molar-refractivity contribution in [3.8, 4) is 0 Å². The fraction of sp³-hybridized carbons (Fsp3) is 0.222. The molecular formula is C9H9IN4O. The first kappa shape index (κ1) is 10.3. The lowest BCUT2D eigenvalue weighted by Crippen LogP contribution is -2.23. The molecule has 0 bridgehead atoms. The second kappa shape index (κ2) is 4.13. The van der Waals surface area contributed by atoms with Gasteiger partial charge in [0, 0.05) is 22.9 Å². The van der Waals surface area contributed by atoms with Crippen LogP contribution in [0.1, 0.15) is 5.69 Å². The van der Waals surface area contributed by atoms with Crippen molar-refractivity contribution in [1.82, 2.24) is 19.6 Å². The van der Waals surface area contributed by atoms with Crippen molar-refractivity contribution in [3.05, 3.63) is 44.1 Å². The molecule has 6 heteroatoms. The van der Waals surface area contributed by atoms with E-state index >= 15 is 0 Å². The molecule has 0 atom stereocenters. The second-order valence-corrected chi connectivity index (χ2v) is 4.40. The topological polar surface area (TPSA) is 52.7 Å². The Morgan fingerprint density at radius 2 is 2.33 bits per heavy atom. The number of halogens is 1. The zero-order valence-corrected chi connectivity index (χ0v) is 10.2. The van der Waals surface area contributed by atoms with Crippen LogP contribution in [-0.2, 0) is 13.6 Å². The monoisotopic (exact) mass is 316 g/mol. The fourth-order valence-corrected chi connectivity index (χ4v) is 1.62. The van der Waals surface area contributed by atoms with Gasteiger partial charge in [0.15, 0.2) is 0 Å². The maximum absolute atomic E-state index is 11.5. The molecule has 0 aliphatic rings. The van der Waals surface area contributed by atoms with Crippen LogP contribution in [0.2, 0.25) is 0 Å². The summed E-state index contributed by atoms with van der Waals surface area (Å²) in [7, 11) is 1.84. The van der Waals surface area contributed by atoms with Crippen molar-refractivity contribution in [1.29, 1.82) is 0 Å². The lowest BCUT2D eigenvalue weighted by atomic mass is 10.4. The SMILES string of the molecule is Cn1ccc(Cn2ncc(I)cc2=O)n1. The van der Waals surface area contributed by atoms with Gasteiger partial charge in [-0.1, -0.05) is 0 Å². The van der Waals surface area contributed by atoms with Crippen LogP contribution < -0.4 is 5.56 Å². The summed E-state index contributed by atoms with van der Waals surface area (Å²) in [5.74, 6) is 0. The highest BCUT2D eigenvalue weighted by Crippen LogP contribution is 1.98. The Balaban J connectivity index is 2.28. The van der Waals surface area contributed by atoms with Crippen molar-refractivity contribution in [3.63, 3.8) is 0 Å². The third-order valence-corrected chi connectivity index (χ3v) is 2.51. The maximum Gasteiger partial charge on any atom is 0.268 e. The van der Waals surface area contributed by atoms with E-state index in [0.29, 0.717) is 6.54 Å². The number of rotatable bonds is 2. The van der Waals surface area contributed by atoms with Gasteiger partial charge in [-0.15, -0.1) is 0 Å². The van der Waals surface area contributed by atoms with Gasteiger partial charge < -0.3 is 0 Å². The first-order chi connectivity index (χ1) is 7.15.